The number of aromatic hydroxyl groups is 1. The topological polar surface area (TPSA) is 99.7 Å². The quantitative estimate of drug-likeness (QED) is 0.653. The molecule has 7 heteroatoms. The van der Waals surface area contributed by atoms with Crippen LogP contribution in [0.25, 0.3) is 0 Å². The average Bonchev–Trinajstić information content (AvgIpc) is 2.60. The number of carbonyl (C=O) groups excluding carboxylic acids is 2. The highest BCUT2D eigenvalue weighted by Gasteiger charge is 2.31. The molecule has 0 bridgehead atoms. The van der Waals surface area contributed by atoms with Crippen LogP contribution in [-0.4, -0.2) is 24.2 Å². The SMILES string of the molecule is COc1cc([C@H]2NC(=O)NC(C)=C2C(=O)Nc2cc(C)cc(C)c2)ccc1O. The van der Waals surface area contributed by atoms with Crippen molar-refractivity contribution in [2.75, 3.05) is 12.4 Å². The average molecular weight is 381 g/mol. The van der Waals surface area contributed by atoms with Gasteiger partial charge in [-0.1, -0.05) is 12.1 Å². The number of hydrogen-bond donors (Lipinski definition) is 4. The van der Waals surface area contributed by atoms with Crippen LogP contribution in [0.2, 0.25) is 0 Å². The number of phenolic OH excluding ortho intramolecular Hbond substituents is 1. The molecule has 1 aliphatic rings. The smallest absolute Gasteiger partial charge is 0.319 e. The van der Waals surface area contributed by atoms with Crippen LogP contribution in [0.5, 0.6) is 11.5 Å². The summed E-state index contributed by atoms with van der Waals surface area (Å²) in [7, 11) is 1.44. The number of carbonyl (C=O) groups is 2. The first kappa shape index (κ1) is 19.3. The zero-order valence-electron chi connectivity index (χ0n) is 16.2. The number of ether oxygens (including phenoxy) is 1. The van der Waals surface area contributed by atoms with Gasteiger partial charge < -0.3 is 25.8 Å². The second-order valence-corrected chi connectivity index (χ2v) is 6.83. The van der Waals surface area contributed by atoms with Crippen LogP contribution in [0.15, 0.2) is 47.7 Å². The maximum absolute atomic E-state index is 13.1. The van der Waals surface area contributed by atoms with Gasteiger partial charge in [-0.3, -0.25) is 4.79 Å². The maximum atomic E-state index is 13.1. The van der Waals surface area contributed by atoms with Gasteiger partial charge in [0.05, 0.1) is 18.7 Å². The summed E-state index contributed by atoms with van der Waals surface area (Å²) < 4.78 is 5.15. The molecule has 2 aromatic rings. The van der Waals surface area contributed by atoms with Crippen molar-refractivity contribution in [3.05, 3.63) is 64.4 Å². The van der Waals surface area contributed by atoms with Crippen LogP contribution >= 0.6 is 0 Å². The summed E-state index contributed by atoms with van der Waals surface area (Å²) in [5.74, 6) is -0.0857. The minimum absolute atomic E-state index is 0.0200. The first-order chi connectivity index (χ1) is 13.3. The van der Waals surface area contributed by atoms with E-state index in [0.29, 0.717) is 22.5 Å². The zero-order valence-corrected chi connectivity index (χ0v) is 16.2. The predicted molar refractivity (Wildman–Crippen MR) is 106 cm³/mol. The summed E-state index contributed by atoms with van der Waals surface area (Å²) >= 11 is 0. The molecule has 1 atom stereocenters. The number of amides is 3. The summed E-state index contributed by atoms with van der Waals surface area (Å²) in [4.78, 5) is 25.1. The van der Waals surface area contributed by atoms with E-state index in [0.717, 1.165) is 11.1 Å². The second kappa shape index (κ2) is 7.64. The second-order valence-electron chi connectivity index (χ2n) is 6.83. The lowest BCUT2D eigenvalue weighted by atomic mass is 9.94. The van der Waals surface area contributed by atoms with Gasteiger partial charge in [-0.15, -0.1) is 0 Å². The van der Waals surface area contributed by atoms with E-state index in [1.54, 1.807) is 19.1 Å². The van der Waals surface area contributed by atoms with Crippen molar-refractivity contribution < 1.29 is 19.4 Å². The van der Waals surface area contributed by atoms with Gasteiger partial charge in [0.2, 0.25) is 0 Å². The van der Waals surface area contributed by atoms with Gasteiger partial charge in [-0.2, -0.15) is 0 Å². The van der Waals surface area contributed by atoms with Crippen LogP contribution in [0, 0.1) is 13.8 Å². The van der Waals surface area contributed by atoms with Crippen molar-refractivity contribution in [3.8, 4) is 11.5 Å². The lowest BCUT2D eigenvalue weighted by Gasteiger charge is -2.29. The Bertz CT molecular complexity index is 961. The van der Waals surface area contributed by atoms with Gasteiger partial charge in [-0.05, 0) is 61.7 Å². The van der Waals surface area contributed by atoms with Gasteiger partial charge in [0.15, 0.2) is 11.5 Å². The lowest BCUT2D eigenvalue weighted by Crippen LogP contribution is -2.46. The van der Waals surface area contributed by atoms with E-state index in [1.165, 1.54) is 13.2 Å². The highest BCUT2D eigenvalue weighted by molar-refractivity contribution is 6.06. The summed E-state index contributed by atoms with van der Waals surface area (Å²) in [6.45, 7) is 5.60. The molecule has 7 nitrogen and oxygen atoms in total. The Morgan fingerprint density at radius 3 is 2.43 bits per heavy atom. The minimum Gasteiger partial charge on any atom is -0.504 e. The molecule has 4 N–H and O–H groups in total. The third-order valence-electron chi connectivity index (χ3n) is 4.53. The van der Waals surface area contributed by atoms with E-state index in [2.05, 4.69) is 16.0 Å². The fourth-order valence-corrected chi connectivity index (χ4v) is 3.36. The predicted octanol–water partition coefficient (Wildman–Crippen LogP) is 3.28. The van der Waals surface area contributed by atoms with E-state index < -0.39 is 12.1 Å². The number of benzene rings is 2. The van der Waals surface area contributed by atoms with Gasteiger partial charge >= 0.3 is 6.03 Å². The number of hydrogen-bond acceptors (Lipinski definition) is 4. The Hall–Kier alpha value is -3.48. The Morgan fingerprint density at radius 2 is 1.79 bits per heavy atom. The van der Waals surface area contributed by atoms with E-state index in [9.17, 15) is 14.7 Å². The molecule has 0 unspecified atom stereocenters. The molecule has 0 fully saturated rings. The Labute approximate surface area is 163 Å². The van der Waals surface area contributed by atoms with Crippen LogP contribution in [-0.2, 0) is 4.79 Å². The molecule has 0 saturated carbocycles. The molecule has 2 aromatic carbocycles. The molecule has 0 spiro atoms. The van der Waals surface area contributed by atoms with Crippen molar-refractivity contribution in [2.24, 2.45) is 0 Å². The first-order valence-corrected chi connectivity index (χ1v) is 8.83. The van der Waals surface area contributed by atoms with Crippen molar-refractivity contribution >= 4 is 17.6 Å². The molecular weight excluding hydrogens is 358 g/mol. The molecule has 0 radical (unpaired) electrons. The fourth-order valence-electron chi connectivity index (χ4n) is 3.36. The molecule has 0 saturated heterocycles. The third-order valence-corrected chi connectivity index (χ3v) is 4.53. The number of allylic oxidation sites excluding steroid dienone is 1. The van der Waals surface area contributed by atoms with Crippen LogP contribution in [0.3, 0.4) is 0 Å². The number of nitrogens with one attached hydrogen (secondary N) is 3. The Balaban J connectivity index is 1.98. The van der Waals surface area contributed by atoms with E-state index in [1.807, 2.05) is 32.0 Å². The van der Waals surface area contributed by atoms with Crippen molar-refractivity contribution in [1.82, 2.24) is 10.6 Å². The van der Waals surface area contributed by atoms with Crippen LogP contribution in [0.4, 0.5) is 10.5 Å². The number of anilines is 1. The van der Waals surface area contributed by atoms with Crippen molar-refractivity contribution in [3.63, 3.8) is 0 Å². The summed E-state index contributed by atoms with van der Waals surface area (Å²) in [6, 6.07) is 9.41. The van der Waals surface area contributed by atoms with Crippen molar-refractivity contribution in [2.45, 2.75) is 26.8 Å². The van der Waals surface area contributed by atoms with Gasteiger partial charge in [0.1, 0.15) is 0 Å². The number of rotatable bonds is 4. The normalized spacial score (nSPS) is 16.3. The molecular formula is C21H23N3O4. The van der Waals surface area contributed by atoms with Crippen molar-refractivity contribution in [1.29, 1.82) is 0 Å². The minimum atomic E-state index is -0.686. The number of aryl methyl sites for hydroxylation is 2. The van der Waals surface area contributed by atoms with E-state index in [-0.39, 0.29) is 17.4 Å². The maximum Gasteiger partial charge on any atom is 0.319 e. The molecule has 28 heavy (non-hydrogen) atoms. The highest BCUT2D eigenvalue weighted by atomic mass is 16.5. The lowest BCUT2D eigenvalue weighted by molar-refractivity contribution is -0.113. The molecule has 0 aromatic heterocycles. The summed E-state index contributed by atoms with van der Waals surface area (Å²) in [5.41, 5.74) is 4.22. The van der Waals surface area contributed by atoms with E-state index >= 15 is 0 Å². The van der Waals surface area contributed by atoms with E-state index in [4.69, 9.17) is 4.74 Å². The molecule has 1 aliphatic heterocycles. The molecule has 3 rings (SSSR count). The number of methoxy groups -OCH3 is 1. The number of phenols is 1. The van der Waals surface area contributed by atoms with Gasteiger partial charge in [0, 0.05) is 11.4 Å². The molecule has 1 heterocycles. The summed E-state index contributed by atoms with van der Waals surface area (Å²) in [5, 5.41) is 18.2. The first-order valence-electron chi connectivity index (χ1n) is 8.83. The Kier molecular flexibility index (Phi) is 5.26. The Morgan fingerprint density at radius 1 is 1.11 bits per heavy atom. The number of urea groups is 1. The standard InChI is InChI=1S/C21H23N3O4/c1-11-7-12(2)9-15(8-11)23-20(26)18-13(3)22-21(27)24-19(18)14-5-6-16(25)17(10-14)28-4/h5-10,19,25H,1-4H3,(H,23,26)(H2,22,24,27)/t19-/m1/s1. The zero-order chi connectivity index (χ0) is 20.4. The summed E-state index contributed by atoms with van der Waals surface area (Å²) in [6.07, 6.45) is 0. The fraction of sp³-hybridized carbons (Fsp3) is 0.238. The van der Waals surface area contributed by atoms with Gasteiger partial charge in [0.25, 0.3) is 5.91 Å². The van der Waals surface area contributed by atoms with Crippen LogP contribution < -0.4 is 20.7 Å². The van der Waals surface area contributed by atoms with Gasteiger partial charge in [-0.25, -0.2) is 4.79 Å². The monoisotopic (exact) mass is 381 g/mol. The highest BCUT2D eigenvalue weighted by Crippen LogP contribution is 2.33. The third kappa shape index (κ3) is 3.93. The largest absolute Gasteiger partial charge is 0.504 e. The molecule has 0 aliphatic carbocycles. The molecule has 3 amide bonds. The van der Waals surface area contributed by atoms with Crippen LogP contribution in [0.1, 0.15) is 29.7 Å². The molecule has 146 valence electrons.